The Kier molecular flexibility index (Phi) is 5.51. The average Bonchev–Trinajstić information content (AvgIpc) is 2.62. The lowest BCUT2D eigenvalue weighted by Crippen LogP contribution is -2.53. The normalized spacial score (nSPS) is 25.3. The van der Waals surface area contributed by atoms with Crippen LogP contribution in [0.15, 0.2) is 24.3 Å². The Morgan fingerprint density at radius 1 is 1.21 bits per heavy atom. The molecule has 1 aliphatic heterocycles. The lowest BCUT2D eigenvalue weighted by Gasteiger charge is -2.43. The number of amides is 1. The second-order valence-corrected chi connectivity index (χ2v) is 8.10. The van der Waals surface area contributed by atoms with Crippen molar-refractivity contribution in [2.45, 2.75) is 63.3 Å². The van der Waals surface area contributed by atoms with Gasteiger partial charge in [-0.1, -0.05) is 43.0 Å². The van der Waals surface area contributed by atoms with Gasteiger partial charge in [0.15, 0.2) is 0 Å². The third-order valence-electron chi connectivity index (χ3n) is 6.00. The predicted molar refractivity (Wildman–Crippen MR) is 99.2 cm³/mol. The van der Waals surface area contributed by atoms with Crippen LogP contribution in [0.5, 0.6) is 0 Å². The van der Waals surface area contributed by atoms with Crippen molar-refractivity contribution in [1.82, 2.24) is 4.90 Å². The van der Waals surface area contributed by atoms with Crippen LogP contribution in [0.1, 0.15) is 57.4 Å². The minimum Gasteiger partial charge on any atom is -0.342 e. The fourth-order valence-electron chi connectivity index (χ4n) is 4.48. The van der Waals surface area contributed by atoms with E-state index >= 15 is 0 Å². The van der Waals surface area contributed by atoms with E-state index in [4.69, 9.17) is 17.3 Å². The minimum absolute atomic E-state index is 0.151. The fourth-order valence-corrected chi connectivity index (χ4v) is 4.60. The van der Waals surface area contributed by atoms with Crippen molar-refractivity contribution in [1.29, 1.82) is 0 Å². The average molecular weight is 349 g/mol. The maximum Gasteiger partial charge on any atom is 0.233 e. The molecule has 1 aromatic rings. The first-order valence-electron chi connectivity index (χ1n) is 9.34. The van der Waals surface area contributed by atoms with E-state index < -0.39 is 0 Å². The molecule has 2 fully saturated rings. The summed E-state index contributed by atoms with van der Waals surface area (Å²) in [5.41, 5.74) is 6.90. The highest BCUT2D eigenvalue weighted by molar-refractivity contribution is 6.30. The number of likely N-dealkylation sites (tertiary alicyclic amines) is 1. The second kappa shape index (κ2) is 7.45. The molecule has 2 aliphatic rings. The number of hydrogen-bond donors (Lipinski definition) is 1. The van der Waals surface area contributed by atoms with Crippen molar-refractivity contribution < 1.29 is 4.79 Å². The molecule has 0 spiro atoms. The minimum atomic E-state index is -0.359. The molecule has 1 aromatic carbocycles. The van der Waals surface area contributed by atoms with E-state index in [0.29, 0.717) is 11.8 Å². The van der Waals surface area contributed by atoms with Gasteiger partial charge in [-0.2, -0.15) is 0 Å². The highest BCUT2D eigenvalue weighted by Gasteiger charge is 2.44. The SMILES string of the molecule is CC(N)C1CCCN(C(=O)C2(c3ccc(Cl)cc3)CCCCC2)C1. The van der Waals surface area contributed by atoms with Gasteiger partial charge in [0.1, 0.15) is 0 Å². The number of nitrogens with two attached hydrogens (primary N) is 1. The fraction of sp³-hybridized carbons (Fsp3) is 0.650. The maximum atomic E-state index is 13.6. The molecule has 2 unspecified atom stereocenters. The molecule has 1 saturated carbocycles. The molecule has 0 radical (unpaired) electrons. The van der Waals surface area contributed by atoms with E-state index in [-0.39, 0.29) is 11.5 Å². The Bertz CT molecular complexity index is 564. The smallest absolute Gasteiger partial charge is 0.233 e. The summed E-state index contributed by atoms with van der Waals surface area (Å²) in [4.78, 5) is 15.7. The largest absolute Gasteiger partial charge is 0.342 e. The molecule has 1 heterocycles. The summed E-state index contributed by atoms with van der Waals surface area (Å²) in [6, 6.07) is 8.10. The highest BCUT2D eigenvalue weighted by Crippen LogP contribution is 2.42. The first kappa shape index (κ1) is 17.8. The van der Waals surface area contributed by atoms with Crippen LogP contribution in [0.4, 0.5) is 0 Å². The first-order chi connectivity index (χ1) is 11.5. The predicted octanol–water partition coefficient (Wildman–Crippen LogP) is 4.13. The van der Waals surface area contributed by atoms with Gasteiger partial charge in [0.05, 0.1) is 5.41 Å². The quantitative estimate of drug-likeness (QED) is 0.892. The monoisotopic (exact) mass is 348 g/mol. The van der Waals surface area contributed by atoms with E-state index in [0.717, 1.165) is 62.2 Å². The van der Waals surface area contributed by atoms with Crippen molar-refractivity contribution >= 4 is 17.5 Å². The topological polar surface area (TPSA) is 46.3 Å². The zero-order valence-corrected chi connectivity index (χ0v) is 15.4. The van der Waals surface area contributed by atoms with Gasteiger partial charge in [-0.25, -0.2) is 0 Å². The highest BCUT2D eigenvalue weighted by atomic mass is 35.5. The molecule has 132 valence electrons. The van der Waals surface area contributed by atoms with Crippen LogP contribution in [-0.4, -0.2) is 29.9 Å². The van der Waals surface area contributed by atoms with Crippen LogP contribution in [0.25, 0.3) is 0 Å². The van der Waals surface area contributed by atoms with Gasteiger partial charge in [0.2, 0.25) is 5.91 Å². The second-order valence-electron chi connectivity index (χ2n) is 7.66. The number of benzene rings is 1. The Morgan fingerprint density at radius 3 is 2.50 bits per heavy atom. The molecule has 0 aromatic heterocycles. The molecule has 1 amide bonds. The number of nitrogens with zero attached hydrogens (tertiary/aromatic N) is 1. The number of rotatable bonds is 3. The molecule has 2 atom stereocenters. The summed E-state index contributed by atoms with van der Waals surface area (Å²) in [7, 11) is 0. The summed E-state index contributed by atoms with van der Waals surface area (Å²) in [6.07, 6.45) is 7.58. The molecule has 3 nitrogen and oxygen atoms in total. The summed E-state index contributed by atoms with van der Waals surface area (Å²) >= 11 is 6.07. The molecule has 3 rings (SSSR count). The number of carbonyl (C=O) groups is 1. The van der Waals surface area contributed by atoms with E-state index in [1.807, 2.05) is 12.1 Å². The zero-order valence-electron chi connectivity index (χ0n) is 14.6. The van der Waals surface area contributed by atoms with Crippen molar-refractivity contribution in [3.63, 3.8) is 0 Å². The number of halogens is 1. The number of piperidine rings is 1. The summed E-state index contributed by atoms with van der Waals surface area (Å²) in [5.74, 6) is 0.739. The number of carbonyl (C=O) groups excluding carboxylic acids is 1. The Hall–Kier alpha value is -1.06. The van der Waals surface area contributed by atoms with Gasteiger partial charge >= 0.3 is 0 Å². The van der Waals surface area contributed by atoms with Gasteiger partial charge < -0.3 is 10.6 Å². The summed E-state index contributed by atoms with van der Waals surface area (Å²) < 4.78 is 0. The molecule has 1 aliphatic carbocycles. The van der Waals surface area contributed by atoms with Gasteiger partial charge in [-0.15, -0.1) is 0 Å². The van der Waals surface area contributed by atoms with E-state index in [9.17, 15) is 4.79 Å². The van der Waals surface area contributed by atoms with Gasteiger partial charge in [-0.05, 0) is 56.2 Å². The van der Waals surface area contributed by atoms with Crippen LogP contribution in [0, 0.1) is 5.92 Å². The number of hydrogen-bond acceptors (Lipinski definition) is 2. The van der Waals surface area contributed by atoms with Crippen LogP contribution >= 0.6 is 11.6 Å². The Balaban J connectivity index is 1.88. The first-order valence-corrected chi connectivity index (χ1v) is 9.72. The standard InChI is InChI=1S/C20H29ClN2O/c1-15(22)16-6-5-13-23(14-16)19(24)20(11-3-2-4-12-20)17-7-9-18(21)10-8-17/h7-10,15-16H,2-6,11-14,22H2,1H3. The maximum absolute atomic E-state index is 13.6. The van der Waals surface area contributed by atoms with E-state index in [2.05, 4.69) is 24.0 Å². The zero-order chi connectivity index (χ0) is 17.2. The van der Waals surface area contributed by atoms with Crippen LogP contribution < -0.4 is 5.73 Å². The lowest BCUT2D eigenvalue weighted by atomic mass is 9.68. The Labute approximate surface area is 150 Å². The van der Waals surface area contributed by atoms with Crippen molar-refractivity contribution in [2.24, 2.45) is 11.7 Å². The van der Waals surface area contributed by atoms with Gasteiger partial charge in [0.25, 0.3) is 0 Å². The van der Waals surface area contributed by atoms with Gasteiger partial charge in [0, 0.05) is 24.2 Å². The molecular weight excluding hydrogens is 320 g/mol. The third-order valence-corrected chi connectivity index (χ3v) is 6.25. The van der Waals surface area contributed by atoms with E-state index in [1.54, 1.807) is 0 Å². The van der Waals surface area contributed by atoms with E-state index in [1.165, 1.54) is 6.42 Å². The molecule has 24 heavy (non-hydrogen) atoms. The van der Waals surface area contributed by atoms with Crippen molar-refractivity contribution in [3.05, 3.63) is 34.9 Å². The van der Waals surface area contributed by atoms with Crippen LogP contribution in [0.3, 0.4) is 0 Å². The van der Waals surface area contributed by atoms with Crippen molar-refractivity contribution in [2.75, 3.05) is 13.1 Å². The molecule has 1 saturated heterocycles. The van der Waals surface area contributed by atoms with Gasteiger partial charge in [-0.3, -0.25) is 4.79 Å². The molecular formula is C20H29ClN2O. The van der Waals surface area contributed by atoms with Crippen LogP contribution in [0.2, 0.25) is 5.02 Å². The van der Waals surface area contributed by atoms with Crippen molar-refractivity contribution in [3.8, 4) is 0 Å². The summed E-state index contributed by atoms with van der Waals surface area (Å²) in [6.45, 7) is 3.75. The molecule has 0 bridgehead atoms. The lowest BCUT2D eigenvalue weighted by molar-refractivity contribution is -0.141. The molecule has 4 heteroatoms. The van der Waals surface area contributed by atoms with Crippen LogP contribution in [-0.2, 0) is 10.2 Å². The third kappa shape index (κ3) is 3.48. The molecule has 2 N–H and O–H groups in total. The summed E-state index contributed by atoms with van der Waals surface area (Å²) in [5, 5.41) is 0.729. The Morgan fingerprint density at radius 2 is 1.88 bits per heavy atom.